The van der Waals surface area contributed by atoms with E-state index in [0.29, 0.717) is 18.5 Å². The highest BCUT2D eigenvalue weighted by Gasteiger charge is 2.32. The van der Waals surface area contributed by atoms with Gasteiger partial charge in [-0.2, -0.15) is 0 Å². The van der Waals surface area contributed by atoms with Gasteiger partial charge < -0.3 is 19.9 Å². The maximum Gasteiger partial charge on any atom is 0.271 e. The highest BCUT2D eigenvalue weighted by Crippen LogP contribution is 2.39. The van der Waals surface area contributed by atoms with Gasteiger partial charge >= 0.3 is 0 Å². The first-order valence-corrected chi connectivity index (χ1v) is 16.8. The number of aromatic nitrogens is 3. The van der Waals surface area contributed by atoms with Crippen LogP contribution in [0, 0.1) is 0 Å². The van der Waals surface area contributed by atoms with Gasteiger partial charge in [-0.15, -0.1) is 11.8 Å². The van der Waals surface area contributed by atoms with Crippen molar-refractivity contribution in [2.75, 3.05) is 5.75 Å². The van der Waals surface area contributed by atoms with Crippen molar-refractivity contribution >= 4 is 28.7 Å². The zero-order valence-corrected chi connectivity index (χ0v) is 26.9. The minimum absolute atomic E-state index is 0.00525. The average molecular weight is 655 g/mol. The molecule has 2 aromatic heterocycles. The second-order valence-electron chi connectivity index (χ2n) is 11.6. The third kappa shape index (κ3) is 7.61. The molecule has 8 nitrogen and oxygen atoms in total. The highest BCUT2D eigenvalue weighted by atomic mass is 32.2. The first-order valence-electron chi connectivity index (χ1n) is 15.8. The summed E-state index contributed by atoms with van der Waals surface area (Å²) < 4.78 is 13.0. The number of thioether (sulfide) groups is 1. The number of aliphatic hydroxyl groups excluding tert-OH is 1. The van der Waals surface area contributed by atoms with E-state index in [1.54, 1.807) is 18.0 Å². The zero-order valence-electron chi connectivity index (χ0n) is 26.1. The molecule has 0 aliphatic carbocycles. The van der Waals surface area contributed by atoms with Gasteiger partial charge in [-0.1, -0.05) is 84.9 Å². The van der Waals surface area contributed by atoms with Gasteiger partial charge in [0.1, 0.15) is 5.69 Å². The number of pyridine rings is 1. The van der Waals surface area contributed by atoms with Crippen molar-refractivity contribution in [1.29, 1.82) is 0 Å². The van der Waals surface area contributed by atoms with Gasteiger partial charge in [-0.05, 0) is 58.1 Å². The largest absolute Gasteiger partial charge is 0.392 e. The number of carbonyl (C=O) groups is 1. The van der Waals surface area contributed by atoms with Crippen LogP contribution < -0.4 is 5.32 Å². The number of ether oxygens (including phenoxy) is 2. The molecule has 7 rings (SSSR count). The minimum atomic E-state index is -0.538. The van der Waals surface area contributed by atoms with Gasteiger partial charge in [0.25, 0.3) is 5.91 Å². The second kappa shape index (κ2) is 14.9. The summed E-state index contributed by atoms with van der Waals surface area (Å²) in [5.74, 6) is 0.478. The molecule has 1 aliphatic rings. The summed E-state index contributed by atoms with van der Waals surface area (Å²) in [7, 11) is 0. The number of aliphatic hydroxyl groups is 1. The predicted molar refractivity (Wildman–Crippen MR) is 186 cm³/mol. The van der Waals surface area contributed by atoms with Gasteiger partial charge in [0, 0.05) is 30.5 Å². The number of hydrogen-bond acceptors (Lipinski definition) is 8. The summed E-state index contributed by atoms with van der Waals surface area (Å²) in [5.41, 5.74) is 7.64. The van der Waals surface area contributed by atoms with Crippen LogP contribution in [0.4, 0.5) is 0 Å². The van der Waals surface area contributed by atoms with E-state index in [-0.39, 0.29) is 30.4 Å². The smallest absolute Gasteiger partial charge is 0.271 e. The van der Waals surface area contributed by atoms with E-state index in [9.17, 15) is 9.90 Å². The second-order valence-corrected chi connectivity index (χ2v) is 12.6. The Hall–Kier alpha value is -4.93. The van der Waals surface area contributed by atoms with E-state index in [0.717, 1.165) is 49.7 Å². The Labute approximate surface area is 283 Å². The third-order valence-electron chi connectivity index (χ3n) is 8.25. The van der Waals surface area contributed by atoms with Crippen LogP contribution in [-0.4, -0.2) is 37.8 Å². The van der Waals surface area contributed by atoms with Gasteiger partial charge in [-0.25, -0.2) is 9.97 Å². The Kier molecular flexibility index (Phi) is 9.81. The lowest BCUT2D eigenvalue weighted by Gasteiger charge is -2.36. The van der Waals surface area contributed by atoms with E-state index >= 15 is 0 Å². The maximum absolute atomic E-state index is 12.8. The number of rotatable bonds is 10. The van der Waals surface area contributed by atoms with Crippen LogP contribution in [0.1, 0.15) is 51.6 Å². The van der Waals surface area contributed by atoms with Crippen molar-refractivity contribution in [2.24, 2.45) is 0 Å². The van der Waals surface area contributed by atoms with E-state index in [1.807, 2.05) is 91.0 Å². The van der Waals surface area contributed by atoms with Crippen LogP contribution in [0.25, 0.3) is 22.2 Å². The number of carbonyl (C=O) groups excluding carboxylic acids is 1. The monoisotopic (exact) mass is 654 g/mol. The lowest BCUT2D eigenvalue weighted by Crippen LogP contribution is -2.31. The van der Waals surface area contributed by atoms with Crippen LogP contribution in [0.5, 0.6) is 0 Å². The molecule has 0 bridgehead atoms. The zero-order chi connectivity index (χ0) is 32.7. The fraction of sp³-hybridized carbons (Fsp3) is 0.179. The van der Waals surface area contributed by atoms with Crippen LogP contribution in [-0.2, 0) is 22.6 Å². The fourth-order valence-corrected chi connectivity index (χ4v) is 6.55. The van der Waals surface area contributed by atoms with Crippen LogP contribution >= 0.6 is 11.8 Å². The summed E-state index contributed by atoms with van der Waals surface area (Å²) in [6.07, 6.45) is 3.28. The van der Waals surface area contributed by atoms with Crippen LogP contribution in [0.3, 0.4) is 0 Å². The lowest BCUT2D eigenvalue weighted by molar-refractivity contribution is -0.245. The normalized spacial score (nSPS) is 17.6. The quantitative estimate of drug-likeness (QED) is 0.147. The average Bonchev–Trinajstić information content (AvgIpc) is 3.16. The third-order valence-corrected chi connectivity index (χ3v) is 9.32. The number of fused-ring (bicyclic) bond motifs is 1. The number of amides is 1. The number of para-hydroxylation sites is 2. The Morgan fingerprint density at radius 2 is 1.58 bits per heavy atom. The Morgan fingerprint density at radius 1 is 0.792 bits per heavy atom. The van der Waals surface area contributed by atoms with Gasteiger partial charge in [0.05, 0.1) is 41.1 Å². The summed E-state index contributed by atoms with van der Waals surface area (Å²) in [6, 6.07) is 37.7. The molecule has 9 heteroatoms. The van der Waals surface area contributed by atoms with E-state index in [2.05, 4.69) is 44.5 Å². The number of benzene rings is 4. The summed E-state index contributed by atoms with van der Waals surface area (Å²) in [5, 5.41) is 13.4. The first-order chi connectivity index (χ1) is 23.6. The van der Waals surface area contributed by atoms with Crippen molar-refractivity contribution in [2.45, 2.75) is 43.1 Å². The standard InChI is InChI=1S/C39H34N4O4S/c44-24-26-11-13-29(14-12-26)36-21-32(25-48-37-10-3-4-19-40-37)46-39(47-36)30-17-15-28(16-18-30)31-7-5-6-27(20-31)22-42-38(45)35-23-41-33-8-1-2-9-34(33)43-35/h1-20,23,32,36,39,44H,21-22,24-25H2,(H,42,45). The van der Waals surface area contributed by atoms with Gasteiger partial charge in [-0.3, -0.25) is 9.78 Å². The number of hydrogen-bond donors (Lipinski definition) is 2. The molecule has 3 unspecified atom stereocenters. The molecule has 4 aromatic carbocycles. The van der Waals surface area contributed by atoms with Gasteiger partial charge in [0.2, 0.25) is 0 Å². The molecule has 2 N–H and O–H groups in total. The first kappa shape index (κ1) is 31.7. The molecule has 1 saturated heterocycles. The molecule has 1 fully saturated rings. The molecule has 1 amide bonds. The molecule has 0 radical (unpaired) electrons. The summed E-state index contributed by atoms with van der Waals surface area (Å²) >= 11 is 1.68. The molecule has 3 heterocycles. The van der Waals surface area contributed by atoms with Gasteiger partial charge in [0.15, 0.2) is 6.29 Å². The molecule has 6 aromatic rings. The lowest BCUT2D eigenvalue weighted by atomic mass is 9.99. The molecule has 1 aliphatic heterocycles. The van der Waals surface area contributed by atoms with Crippen molar-refractivity contribution in [3.05, 3.63) is 156 Å². The molecule has 3 atom stereocenters. The molecular formula is C39H34N4O4S. The van der Waals surface area contributed by atoms with Crippen molar-refractivity contribution in [3.8, 4) is 11.1 Å². The van der Waals surface area contributed by atoms with E-state index < -0.39 is 6.29 Å². The Morgan fingerprint density at radius 3 is 2.38 bits per heavy atom. The molecular weight excluding hydrogens is 621 g/mol. The predicted octanol–water partition coefficient (Wildman–Crippen LogP) is 7.45. The molecule has 48 heavy (non-hydrogen) atoms. The van der Waals surface area contributed by atoms with Crippen LogP contribution in [0.15, 0.2) is 133 Å². The van der Waals surface area contributed by atoms with Crippen molar-refractivity contribution < 1.29 is 19.4 Å². The summed E-state index contributed by atoms with van der Waals surface area (Å²) in [4.78, 5) is 26.1. The van der Waals surface area contributed by atoms with Crippen molar-refractivity contribution in [3.63, 3.8) is 0 Å². The summed E-state index contributed by atoms with van der Waals surface area (Å²) in [6.45, 7) is 0.368. The fourth-order valence-electron chi connectivity index (χ4n) is 5.67. The number of nitrogens with zero attached hydrogens (tertiary/aromatic N) is 3. The van der Waals surface area contributed by atoms with Crippen LogP contribution in [0.2, 0.25) is 0 Å². The van der Waals surface area contributed by atoms with E-state index in [1.165, 1.54) is 6.20 Å². The molecule has 240 valence electrons. The SMILES string of the molecule is O=C(NCc1cccc(-c2ccc(C3OC(CSc4ccccn4)CC(c4ccc(CO)cc4)O3)cc2)c1)c1cnc2ccccc2n1. The Balaban J connectivity index is 1.03. The maximum atomic E-state index is 12.8. The Bertz CT molecular complexity index is 1990. The van der Waals surface area contributed by atoms with E-state index in [4.69, 9.17) is 9.47 Å². The number of nitrogens with one attached hydrogen (secondary N) is 1. The molecule has 0 spiro atoms. The molecule has 0 saturated carbocycles. The topological polar surface area (TPSA) is 106 Å². The minimum Gasteiger partial charge on any atom is -0.392 e. The van der Waals surface area contributed by atoms with Crippen molar-refractivity contribution in [1.82, 2.24) is 20.3 Å². The highest BCUT2D eigenvalue weighted by molar-refractivity contribution is 7.99.